The Kier molecular flexibility index (Phi) is 3.44. The summed E-state index contributed by atoms with van der Waals surface area (Å²) in [4.78, 5) is 0. The zero-order chi connectivity index (χ0) is 9.19. The van der Waals surface area contributed by atoms with Crippen molar-refractivity contribution in [2.45, 2.75) is 32.4 Å². The molecule has 0 saturated carbocycles. The van der Waals surface area contributed by atoms with Crippen molar-refractivity contribution in [1.82, 2.24) is 5.32 Å². The molecule has 3 heteroatoms. The Labute approximate surface area is 79.1 Å². The Morgan fingerprint density at radius 3 is 2.67 bits per heavy atom. The van der Waals surface area contributed by atoms with Gasteiger partial charge in [0.25, 0.3) is 0 Å². The third-order valence-corrected chi connectivity index (χ3v) is 3.98. The smallest absolute Gasteiger partial charge is 0.0624 e. The van der Waals surface area contributed by atoms with Gasteiger partial charge in [-0.05, 0) is 11.7 Å². The van der Waals surface area contributed by atoms with E-state index in [0.29, 0.717) is 12.0 Å². The van der Waals surface area contributed by atoms with Crippen LogP contribution in [-0.2, 0) is 0 Å². The second-order valence-electron chi connectivity index (χ2n) is 4.03. The van der Waals surface area contributed by atoms with Gasteiger partial charge in [0.1, 0.15) is 0 Å². The van der Waals surface area contributed by atoms with Crippen molar-refractivity contribution < 1.29 is 5.11 Å². The Balaban J connectivity index is 2.61. The predicted molar refractivity (Wildman–Crippen MR) is 54.6 cm³/mol. The third-order valence-electron chi connectivity index (χ3n) is 2.53. The molecule has 0 aromatic heterocycles. The van der Waals surface area contributed by atoms with Gasteiger partial charge in [0.15, 0.2) is 0 Å². The van der Waals surface area contributed by atoms with Crippen molar-refractivity contribution in [2.24, 2.45) is 5.92 Å². The van der Waals surface area contributed by atoms with Crippen molar-refractivity contribution >= 4 is 11.8 Å². The summed E-state index contributed by atoms with van der Waals surface area (Å²) < 4.78 is 0. The van der Waals surface area contributed by atoms with Gasteiger partial charge in [0, 0.05) is 11.8 Å². The van der Waals surface area contributed by atoms with Crippen molar-refractivity contribution in [3.05, 3.63) is 0 Å². The van der Waals surface area contributed by atoms with E-state index in [9.17, 15) is 5.11 Å². The molecule has 2 N–H and O–H groups in total. The lowest BCUT2D eigenvalue weighted by Gasteiger charge is -2.34. The summed E-state index contributed by atoms with van der Waals surface area (Å²) in [5.41, 5.74) is -0.0150. The highest BCUT2D eigenvalue weighted by atomic mass is 32.2. The van der Waals surface area contributed by atoms with Gasteiger partial charge in [-0.3, -0.25) is 0 Å². The van der Waals surface area contributed by atoms with Crippen LogP contribution < -0.4 is 5.32 Å². The zero-order valence-corrected chi connectivity index (χ0v) is 8.95. The molecule has 72 valence electrons. The summed E-state index contributed by atoms with van der Waals surface area (Å²) in [6.45, 7) is 6.74. The van der Waals surface area contributed by atoms with Gasteiger partial charge in [-0.15, -0.1) is 0 Å². The van der Waals surface area contributed by atoms with Crippen LogP contribution in [0.2, 0.25) is 0 Å². The maximum atomic E-state index is 9.36. The normalized spacial score (nSPS) is 36.2. The molecule has 2 nitrogen and oxygen atoms in total. The molecule has 0 aromatic carbocycles. The molecule has 0 aliphatic carbocycles. The maximum Gasteiger partial charge on any atom is 0.0624 e. The van der Waals surface area contributed by atoms with Crippen LogP contribution in [0.15, 0.2) is 0 Å². The Bertz CT molecular complexity index is 151. The van der Waals surface area contributed by atoms with Crippen LogP contribution in [0.4, 0.5) is 0 Å². The molecule has 12 heavy (non-hydrogen) atoms. The molecule has 0 bridgehead atoms. The fourth-order valence-corrected chi connectivity index (χ4v) is 3.34. The predicted octanol–water partition coefficient (Wildman–Crippen LogP) is 1.10. The van der Waals surface area contributed by atoms with Crippen molar-refractivity contribution in [1.29, 1.82) is 0 Å². The van der Waals surface area contributed by atoms with Gasteiger partial charge >= 0.3 is 0 Å². The van der Waals surface area contributed by atoms with E-state index >= 15 is 0 Å². The summed E-state index contributed by atoms with van der Waals surface area (Å²) in [5.74, 6) is 2.79. The summed E-state index contributed by atoms with van der Waals surface area (Å²) in [7, 11) is 0. The highest BCUT2D eigenvalue weighted by molar-refractivity contribution is 7.99. The van der Waals surface area contributed by atoms with Crippen LogP contribution in [0.1, 0.15) is 20.8 Å². The molecule has 0 spiro atoms. The molecule has 0 aromatic rings. The molecule has 1 saturated heterocycles. The molecule has 2 unspecified atom stereocenters. The van der Waals surface area contributed by atoms with Gasteiger partial charge in [-0.2, -0.15) is 11.8 Å². The fraction of sp³-hybridized carbons (Fsp3) is 1.00. The molecule has 0 radical (unpaired) electrons. The number of hydrogen-bond acceptors (Lipinski definition) is 3. The summed E-state index contributed by atoms with van der Waals surface area (Å²) in [6, 6.07) is 0.457. The second kappa shape index (κ2) is 3.99. The fourth-order valence-electron chi connectivity index (χ4n) is 1.73. The van der Waals surface area contributed by atoms with Crippen molar-refractivity contribution in [3.8, 4) is 0 Å². The summed E-state index contributed by atoms with van der Waals surface area (Å²) in [5, 5.41) is 12.8. The number of rotatable bonds is 3. The topological polar surface area (TPSA) is 32.3 Å². The molecule has 1 fully saturated rings. The second-order valence-corrected chi connectivity index (χ2v) is 5.06. The van der Waals surface area contributed by atoms with E-state index in [1.165, 1.54) is 5.75 Å². The summed E-state index contributed by atoms with van der Waals surface area (Å²) >= 11 is 1.93. The van der Waals surface area contributed by atoms with E-state index < -0.39 is 0 Å². The Morgan fingerprint density at radius 1 is 1.67 bits per heavy atom. The van der Waals surface area contributed by atoms with E-state index in [4.69, 9.17) is 0 Å². The lowest BCUT2D eigenvalue weighted by molar-refractivity contribution is 0.137. The number of thioether (sulfide) groups is 1. The van der Waals surface area contributed by atoms with Gasteiger partial charge in [-0.1, -0.05) is 20.8 Å². The number of aliphatic hydroxyl groups is 1. The van der Waals surface area contributed by atoms with Gasteiger partial charge < -0.3 is 10.4 Å². The third kappa shape index (κ3) is 1.95. The van der Waals surface area contributed by atoms with E-state index in [-0.39, 0.29) is 12.1 Å². The molecular weight excluding hydrogens is 170 g/mol. The molecule has 1 aliphatic heterocycles. The lowest BCUT2D eigenvalue weighted by Crippen LogP contribution is -2.55. The molecule has 0 amide bonds. The number of aliphatic hydroxyl groups excluding tert-OH is 1. The molecule has 1 rings (SSSR count). The average molecular weight is 189 g/mol. The summed E-state index contributed by atoms with van der Waals surface area (Å²) in [6.07, 6.45) is 0. The Hall–Kier alpha value is 0.270. The first-order valence-corrected chi connectivity index (χ1v) is 5.72. The van der Waals surface area contributed by atoms with Crippen LogP contribution in [0.25, 0.3) is 0 Å². The lowest BCUT2D eigenvalue weighted by atomic mass is 9.89. The van der Waals surface area contributed by atoms with Crippen molar-refractivity contribution in [2.75, 3.05) is 18.1 Å². The van der Waals surface area contributed by atoms with Crippen LogP contribution in [-0.4, -0.2) is 34.8 Å². The minimum Gasteiger partial charge on any atom is -0.394 e. The van der Waals surface area contributed by atoms with Crippen LogP contribution >= 0.6 is 11.8 Å². The molecule has 2 atom stereocenters. The highest BCUT2D eigenvalue weighted by Crippen LogP contribution is 2.33. The largest absolute Gasteiger partial charge is 0.394 e. The minimum absolute atomic E-state index is 0.0150. The molecular formula is C9H19NOS. The number of hydrogen-bond donors (Lipinski definition) is 2. The maximum absolute atomic E-state index is 9.36. The van der Waals surface area contributed by atoms with E-state index in [2.05, 4.69) is 26.1 Å². The Morgan fingerprint density at radius 2 is 2.33 bits per heavy atom. The molecule has 1 aliphatic rings. The van der Waals surface area contributed by atoms with Crippen LogP contribution in [0.3, 0.4) is 0 Å². The first kappa shape index (κ1) is 10.4. The standard InChI is InChI=1S/C9H19NOS/c1-7(2)10-9(5-11)6-12-4-8(9)3/h7-8,10-11H,4-6H2,1-3H3. The van der Waals surface area contributed by atoms with Gasteiger partial charge in [0.2, 0.25) is 0 Å². The van der Waals surface area contributed by atoms with Crippen molar-refractivity contribution in [3.63, 3.8) is 0 Å². The van der Waals surface area contributed by atoms with E-state index in [1.54, 1.807) is 0 Å². The average Bonchev–Trinajstić information content (AvgIpc) is 2.32. The highest BCUT2D eigenvalue weighted by Gasteiger charge is 2.40. The van der Waals surface area contributed by atoms with E-state index in [1.807, 2.05) is 11.8 Å². The minimum atomic E-state index is -0.0150. The SMILES string of the molecule is CC(C)NC1(CO)CSCC1C. The number of nitrogens with one attached hydrogen (secondary N) is 1. The monoisotopic (exact) mass is 189 g/mol. The van der Waals surface area contributed by atoms with Crippen LogP contribution in [0.5, 0.6) is 0 Å². The molecule has 1 heterocycles. The van der Waals surface area contributed by atoms with Gasteiger partial charge in [-0.25, -0.2) is 0 Å². The van der Waals surface area contributed by atoms with Gasteiger partial charge in [0.05, 0.1) is 12.1 Å². The van der Waals surface area contributed by atoms with Crippen LogP contribution in [0, 0.1) is 5.92 Å². The first-order chi connectivity index (χ1) is 5.60. The first-order valence-electron chi connectivity index (χ1n) is 4.57. The quantitative estimate of drug-likeness (QED) is 0.697. The van der Waals surface area contributed by atoms with E-state index in [0.717, 1.165) is 5.75 Å². The zero-order valence-electron chi connectivity index (χ0n) is 8.13.